The van der Waals surface area contributed by atoms with Crippen LogP contribution in [0.25, 0.3) is 0 Å². The van der Waals surface area contributed by atoms with E-state index in [0.29, 0.717) is 18.1 Å². The van der Waals surface area contributed by atoms with Crippen LogP contribution in [0.1, 0.15) is 51.2 Å². The number of phenolic OH excluding ortho intramolecular Hbond substituents is 1. The van der Waals surface area contributed by atoms with E-state index in [-0.39, 0.29) is 0 Å². The molecular formula is C18H25ClO2. The van der Waals surface area contributed by atoms with E-state index in [0.717, 1.165) is 10.6 Å². The molecule has 21 heavy (non-hydrogen) atoms. The Balaban J connectivity index is 0.000000211. The Morgan fingerprint density at radius 2 is 1.86 bits per heavy atom. The Morgan fingerprint density at radius 1 is 1.24 bits per heavy atom. The quantitative estimate of drug-likeness (QED) is 0.763. The second kappa shape index (κ2) is 7.15. The molecule has 0 heterocycles. The Morgan fingerprint density at radius 3 is 2.29 bits per heavy atom. The van der Waals surface area contributed by atoms with Crippen LogP contribution < -0.4 is 0 Å². The van der Waals surface area contributed by atoms with Crippen molar-refractivity contribution >= 4 is 11.6 Å². The van der Waals surface area contributed by atoms with E-state index in [1.807, 2.05) is 19.9 Å². The van der Waals surface area contributed by atoms with Crippen LogP contribution in [0.4, 0.5) is 0 Å². The van der Waals surface area contributed by atoms with Crippen LogP contribution in [0.5, 0.6) is 5.75 Å². The standard InChI is InChI=1S/C10H14O.C8H11ClO/c1-7(2)10-5-4-9(11)6-8(10)3;1-6-5-8(2,10)4-3-7(6)9/h4-7,11H,1-3H3;3-4,10H,5H2,1-2H3. The van der Waals surface area contributed by atoms with Crippen molar-refractivity contribution in [3.8, 4) is 5.75 Å². The van der Waals surface area contributed by atoms with Crippen molar-refractivity contribution in [1.82, 2.24) is 0 Å². The predicted molar refractivity (Wildman–Crippen MR) is 89.9 cm³/mol. The molecule has 1 aromatic rings. The van der Waals surface area contributed by atoms with Crippen molar-refractivity contribution in [2.75, 3.05) is 0 Å². The van der Waals surface area contributed by atoms with E-state index in [1.165, 1.54) is 11.1 Å². The van der Waals surface area contributed by atoms with Gasteiger partial charge in [0.25, 0.3) is 0 Å². The first-order valence-corrected chi connectivity index (χ1v) is 7.56. The fourth-order valence-corrected chi connectivity index (χ4v) is 2.51. The van der Waals surface area contributed by atoms with Gasteiger partial charge in [0, 0.05) is 11.5 Å². The molecule has 2 N–H and O–H groups in total. The minimum Gasteiger partial charge on any atom is -0.508 e. The molecule has 0 saturated carbocycles. The predicted octanol–water partition coefficient (Wildman–Crippen LogP) is 5.03. The van der Waals surface area contributed by atoms with E-state index in [9.17, 15) is 5.11 Å². The van der Waals surface area contributed by atoms with E-state index >= 15 is 0 Å². The summed E-state index contributed by atoms with van der Waals surface area (Å²) in [4.78, 5) is 0. The van der Waals surface area contributed by atoms with E-state index < -0.39 is 5.60 Å². The molecule has 0 radical (unpaired) electrons. The number of aromatic hydroxyl groups is 1. The van der Waals surface area contributed by atoms with Gasteiger partial charge in [-0.15, -0.1) is 0 Å². The first kappa shape index (κ1) is 17.8. The Labute approximate surface area is 132 Å². The second-order valence-electron chi connectivity index (χ2n) is 6.19. The van der Waals surface area contributed by atoms with Gasteiger partial charge in [0.05, 0.1) is 5.60 Å². The van der Waals surface area contributed by atoms with E-state index in [4.69, 9.17) is 16.7 Å². The Bertz CT molecular complexity index is 554. The van der Waals surface area contributed by atoms with Crippen LogP contribution in [0.2, 0.25) is 0 Å². The number of hydrogen-bond acceptors (Lipinski definition) is 2. The third-order valence-corrected chi connectivity index (χ3v) is 3.94. The molecule has 0 saturated heterocycles. The molecule has 2 nitrogen and oxygen atoms in total. The summed E-state index contributed by atoms with van der Waals surface area (Å²) in [6.45, 7) is 10.0. The highest BCUT2D eigenvalue weighted by molar-refractivity contribution is 6.31. The summed E-state index contributed by atoms with van der Waals surface area (Å²) in [5, 5.41) is 19.4. The lowest BCUT2D eigenvalue weighted by molar-refractivity contribution is 0.110. The smallest absolute Gasteiger partial charge is 0.115 e. The highest BCUT2D eigenvalue weighted by atomic mass is 35.5. The Kier molecular flexibility index (Phi) is 6.06. The number of hydrogen-bond donors (Lipinski definition) is 2. The summed E-state index contributed by atoms with van der Waals surface area (Å²) in [5.41, 5.74) is 2.83. The molecule has 0 fully saturated rings. The van der Waals surface area contributed by atoms with E-state index in [1.54, 1.807) is 31.2 Å². The van der Waals surface area contributed by atoms with Gasteiger partial charge in [-0.2, -0.15) is 0 Å². The topological polar surface area (TPSA) is 40.5 Å². The van der Waals surface area contributed by atoms with Crippen LogP contribution in [0, 0.1) is 6.92 Å². The lowest BCUT2D eigenvalue weighted by Crippen LogP contribution is -2.23. The van der Waals surface area contributed by atoms with Gasteiger partial charge in [0.1, 0.15) is 5.75 Å². The average Bonchev–Trinajstić information content (AvgIpc) is 2.34. The number of halogens is 1. The molecule has 1 aliphatic rings. The Hall–Kier alpha value is -1.25. The van der Waals surface area contributed by atoms with Gasteiger partial charge in [-0.25, -0.2) is 0 Å². The average molecular weight is 309 g/mol. The summed E-state index contributed by atoms with van der Waals surface area (Å²) < 4.78 is 0. The summed E-state index contributed by atoms with van der Waals surface area (Å²) in [6, 6.07) is 5.52. The van der Waals surface area contributed by atoms with Crippen LogP contribution >= 0.6 is 11.6 Å². The molecule has 0 aliphatic heterocycles. The van der Waals surface area contributed by atoms with Gasteiger partial charge in [-0.05, 0) is 56.0 Å². The van der Waals surface area contributed by atoms with Crippen LogP contribution in [-0.2, 0) is 0 Å². The minimum absolute atomic E-state index is 0.354. The molecular weight excluding hydrogens is 284 g/mol. The first-order chi connectivity index (χ1) is 9.62. The maximum absolute atomic E-state index is 9.48. The van der Waals surface area contributed by atoms with Crippen molar-refractivity contribution in [2.45, 2.75) is 52.6 Å². The maximum Gasteiger partial charge on any atom is 0.115 e. The molecule has 3 heteroatoms. The zero-order valence-corrected chi connectivity index (χ0v) is 14.2. The lowest BCUT2D eigenvalue weighted by Gasteiger charge is -2.23. The molecule has 0 spiro atoms. The lowest BCUT2D eigenvalue weighted by atomic mass is 9.93. The molecule has 1 atom stereocenters. The van der Waals surface area contributed by atoms with Crippen molar-refractivity contribution < 1.29 is 10.2 Å². The van der Waals surface area contributed by atoms with Crippen LogP contribution in [-0.4, -0.2) is 15.8 Å². The number of benzene rings is 1. The molecule has 0 aromatic heterocycles. The van der Waals surface area contributed by atoms with Crippen molar-refractivity contribution in [3.05, 3.63) is 52.1 Å². The molecule has 116 valence electrons. The monoisotopic (exact) mass is 308 g/mol. The fraction of sp³-hybridized carbons (Fsp3) is 0.444. The largest absolute Gasteiger partial charge is 0.508 e. The molecule has 1 aliphatic carbocycles. The molecule has 2 rings (SSSR count). The van der Waals surface area contributed by atoms with Gasteiger partial charge < -0.3 is 10.2 Å². The summed E-state index contributed by atoms with van der Waals surface area (Å²) in [7, 11) is 0. The van der Waals surface area contributed by atoms with Gasteiger partial charge in [-0.1, -0.05) is 43.2 Å². The molecule has 1 aromatic carbocycles. The molecule has 1 unspecified atom stereocenters. The van der Waals surface area contributed by atoms with Crippen LogP contribution in [0.3, 0.4) is 0 Å². The van der Waals surface area contributed by atoms with E-state index in [2.05, 4.69) is 13.8 Å². The third kappa shape index (κ3) is 5.56. The highest BCUT2D eigenvalue weighted by Crippen LogP contribution is 2.27. The molecule has 0 bridgehead atoms. The van der Waals surface area contributed by atoms with Crippen molar-refractivity contribution in [1.29, 1.82) is 0 Å². The van der Waals surface area contributed by atoms with Crippen LogP contribution in [0.15, 0.2) is 41.0 Å². The fourth-order valence-electron chi connectivity index (χ4n) is 2.38. The number of allylic oxidation sites excluding steroid dienone is 2. The normalized spacial score (nSPS) is 21.3. The summed E-state index contributed by atoms with van der Waals surface area (Å²) in [6.07, 6.45) is 4.12. The minimum atomic E-state index is -0.692. The van der Waals surface area contributed by atoms with Gasteiger partial charge in [-0.3, -0.25) is 0 Å². The third-order valence-electron chi connectivity index (χ3n) is 3.49. The van der Waals surface area contributed by atoms with Gasteiger partial charge >= 0.3 is 0 Å². The summed E-state index contributed by atoms with van der Waals surface area (Å²) >= 11 is 5.78. The molecule has 0 amide bonds. The van der Waals surface area contributed by atoms with Gasteiger partial charge in [0.2, 0.25) is 0 Å². The number of phenols is 1. The number of aryl methyl sites for hydroxylation is 1. The zero-order valence-electron chi connectivity index (χ0n) is 13.4. The SMILES string of the molecule is CC1=C(Cl)C=CC(C)(O)C1.Cc1cc(O)ccc1C(C)C. The number of rotatable bonds is 1. The number of aliphatic hydroxyl groups is 1. The summed E-state index contributed by atoms with van der Waals surface area (Å²) in [5.74, 6) is 0.891. The first-order valence-electron chi connectivity index (χ1n) is 7.19. The zero-order chi connectivity index (χ0) is 16.2. The van der Waals surface area contributed by atoms with Crippen molar-refractivity contribution in [2.24, 2.45) is 0 Å². The van der Waals surface area contributed by atoms with Gasteiger partial charge in [0.15, 0.2) is 0 Å². The maximum atomic E-state index is 9.48. The highest BCUT2D eigenvalue weighted by Gasteiger charge is 2.21. The van der Waals surface area contributed by atoms with Crippen molar-refractivity contribution in [3.63, 3.8) is 0 Å². The second-order valence-corrected chi connectivity index (χ2v) is 6.60.